The van der Waals surface area contributed by atoms with Crippen molar-refractivity contribution in [1.82, 2.24) is 20.2 Å². The van der Waals surface area contributed by atoms with E-state index in [1.807, 2.05) is 61.5 Å². The number of aryl methyl sites for hydroxylation is 1. The smallest absolute Gasteiger partial charge is 0.156 e. The van der Waals surface area contributed by atoms with Gasteiger partial charge in [0, 0.05) is 30.9 Å². The Balaban J connectivity index is 1.44. The molecule has 2 aliphatic rings. The first-order valence-electron chi connectivity index (χ1n) is 10.1. The van der Waals surface area contributed by atoms with Crippen LogP contribution in [-0.4, -0.2) is 58.7 Å². The molecule has 8 heteroatoms. The van der Waals surface area contributed by atoms with Crippen molar-refractivity contribution in [3.63, 3.8) is 0 Å². The molecule has 2 atom stereocenters. The van der Waals surface area contributed by atoms with Gasteiger partial charge in [-0.1, -0.05) is 36.4 Å². The fourth-order valence-corrected chi connectivity index (χ4v) is 3.75. The number of rotatable bonds is 5. The van der Waals surface area contributed by atoms with Gasteiger partial charge in [-0.15, -0.1) is 0 Å². The predicted octanol–water partition coefficient (Wildman–Crippen LogP) is 3.03. The number of ether oxygens (including phenoxy) is 2. The van der Waals surface area contributed by atoms with Crippen LogP contribution in [0, 0.1) is 6.92 Å². The number of fused-ring (bicyclic) bond motifs is 1. The van der Waals surface area contributed by atoms with Crippen LogP contribution in [0.4, 0.5) is 17.5 Å². The normalized spacial score (nSPS) is 21.2. The molecule has 154 valence electrons. The number of H-pyrrole nitrogens is 1. The van der Waals surface area contributed by atoms with Crippen LogP contribution in [0.15, 0.2) is 42.5 Å². The van der Waals surface area contributed by atoms with Gasteiger partial charge in [0.25, 0.3) is 0 Å². The molecule has 2 aromatic heterocycles. The number of hydrogen-bond acceptors (Lipinski definition) is 7. The van der Waals surface area contributed by atoms with Crippen molar-refractivity contribution < 1.29 is 9.47 Å². The summed E-state index contributed by atoms with van der Waals surface area (Å²) in [7, 11) is 0. The maximum Gasteiger partial charge on any atom is 0.156 e. The third-order valence-electron chi connectivity index (χ3n) is 5.20. The molecule has 2 N–H and O–H groups in total. The number of aromatic nitrogens is 4. The molecular formula is C22H24N6O2. The van der Waals surface area contributed by atoms with E-state index >= 15 is 0 Å². The molecular weight excluding hydrogens is 380 g/mol. The Kier molecular flexibility index (Phi) is 5.17. The number of nitrogens with zero attached hydrogens (tertiary/aromatic N) is 4. The average molecular weight is 404 g/mol. The molecule has 2 fully saturated rings. The van der Waals surface area contributed by atoms with Gasteiger partial charge >= 0.3 is 0 Å². The van der Waals surface area contributed by atoms with E-state index in [4.69, 9.17) is 14.5 Å². The molecule has 30 heavy (non-hydrogen) atoms. The molecule has 2 unspecified atom stereocenters. The maximum absolute atomic E-state index is 5.86. The van der Waals surface area contributed by atoms with Gasteiger partial charge in [0.1, 0.15) is 23.8 Å². The Bertz CT molecular complexity index is 1020. The highest BCUT2D eigenvalue weighted by Gasteiger charge is 2.37. The lowest BCUT2D eigenvalue weighted by Gasteiger charge is -2.24. The summed E-state index contributed by atoms with van der Waals surface area (Å²) in [6.07, 6.45) is 4.11. The van der Waals surface area contributed by atoms with E-state index in [0.29, 0.717) is 24.9 Å². The standard InChI is InChI=1S/C22H24N6O2/c1-15-11-21(27-26-15)24-20-12-22(28-13-17-18(14-28)30-10-9-29-17)25-19(23-20)8-7-16-5-3-2-4-6-16/h2-8,11-12,17-18H,9-10,13-14H2,1H3,(H2,23,24,25,26,27)/b8-7+. The quantitative estimate of drug-likeness (QED) is 0.676. The Morgan fingerprint density at radius 2 is 1.77 bits per heavy atom. The van der Waals surface area contributed by atoms with Crippen LogP contribution >= 0.6 is 0 Å². The fourth-order valence-electron chi connectivity index (χ4n) is 3.75. The van der Waals surface area contributed by atoms with Crippen molar-refractivity contribution in [3.8, 4) is 0 Å². The van der Waals surface area contributed by atoms with E-state index in [0.717, 1.165) is 36.0 Å². The van der Waals surface area contributed by atoms with Gasteiger partial charge < -0.3 is 19.7 Å². The minimum Gasteiger partial charge on any atom is -0.371 e. The Morgan fingerprint density at radius 3 is 2.47 bits per heavy atom. The lowest BCUT2D eigenvalue weighted by molar-refractivity contribution is -0.116. The summed E-state index contributed by atoms with van der Waals surface area (Å²) in [5.74, 6) is 2.88. The second-order valence-corrected chi connectivity index (χ2v) is 7.50. The fraction of sp³-hybridized carbons (Fsp3) is 0.318. The highest BCUT2D eigenvalue weighted by molar-refractivity contribution is 5.69. The SMILES string of the molecule is Cc1cc(Nc2cc(N3CC4OCCOC4C3)nc(/C=C/c3ccccc3)n2)n[nH]1. The first-order chi connectivity index (χ1) is 14.7. The third kappa shape index (κ3) is 4.19. The number of benzene rings is 1. The molecule has 0 spiro atoms. The Morgan fingerprint density at radius 1 is 1.00 bits per heavy atom. The summed E-state index contributed by atoms with van der Waals surface area (Å²) in [5.41, 5.74) is 2.08. The zero-order valence-corrected chi connectivity index (χ0v) is 16.8. The van der Waals surface area contributed by atoms with Crippen molar-refractivity contribution in [3.05, 3.63) is 59.5 Å². The van der Waals surface area contributed by atoms with Crippen molar-refractivity contribution in [2.24, 2.45) is 0 Å². The molecule has 0 aliphatic carbocycles. The minimum absolute atomic E-state index is 0.0856. The van der Waals surface area contributed by atoms with Crippen LogP contribution < -0.4 is 10.2 Å². The molecule has 0 radical (unpaired) electrons. The van der Waals surface area contributed by atoms with E-state index in [9.17, 15) is 0 Å². The van der Waals surface area contributed by atoms with E-state index in [2.05, 4.69) is 25.4 Å². The largest absolute Gasteiger partial charge is 0.371 e. The van der Waals surface area contributed by atoms with Crippen LogP contribution in [0.2, 0.25) is 0 Å². The number of anilines is 3. The van der Waals surface area contributed by atoms with Crippen LogP contribution in [0.5, 0.6) is 0 Å². The predicted molar refractivity (Wildman–Crippen MR) is 116 cm³/mol. The van der Waals surface area contributed by atoms with E-state index in [1.165, 1.54) is 0 Å². The second kappa shape index (κ2) is 8.25. The van der Waals surface area contributed by atoms with Crippen LogP contribution in [0.25, 0.3) is 12.2 Å². The van der Waals surface area contributed by atoms with Gasteiger partial charge in [-0.05, 0) is 18.6 Å². The van der Waals surface area contributed by atoms with Crippen molar-refractivity contribution >= 4 is 29.6 Å². The monoisotopic (exact) mass is 404 g/mol. The first-order valence-corrected chi connectivity index (χ1v) is 10.1. The lowest BCUT2D eigenvalue weighted by atomic mass is 10.2. The molecule has 0 saturated carbocycles. The molecule has 0 bridgehead atoms. The first kappa shape index (κ1) is 18.8. The van der Waals surface area contributed by atoms with Crippen LogP contribution in [-0.2, 0) is 9.47 Å². The topological polar surface area (TPSA) is 88.2 Å². The van der Waals surface area contributed by atoms with E-state index in [-0.39, 0.29) is 12.2 Å². The summed E-state index contributed by atoms with van der Waals surface area (Å²) in [6.45, 7) is 4.77. The highest BCUT2D eigenvalue weighted by atomic mass is 16.6. The van der Waals surface area contributed by atoms with Crippen LogP contribution in [0.1, 0.15) is 17.1 Å². The third-order valence-corrected chi connectivity index (χ3v) is 5.20. The summed E-state index contributed by atoms with van der Waals surface area (Å²) in [5, 5.41) is 10.5. The van der Waals surface area contributed by atoms with Gasteiger partial charge in [-0.25, -0.2) is 9.97 Å². The summed E-state index contributed by atoms with van der Waals surface area (Å²) >= 11 is 0. The molecule has 4 heterocycles. The summed E-state index contributed by atoms with van der Waals surface area (Å²) in [6, 6.07) is 14.0. The average Bonchev–Trinajstić information content (AvgIpc) is 3.39. The zero-order chi connectivity index (χ0) is 20.3. The van der Waals surface area contributed by atoms with Crippen molar-refractivity contribution in [1.29, 1.82) is 0 Å². The van der Waals surface area contributed by atoms with E-state index in [1.54, 1.807) is 0 Å². The maximum atomic E-state index is 5.86. The Hall–Kier alpha value is -3.23. The number of nitrogens with one attached hydrogen (secondary N) is 2. The van der Waals surface area contributed by atoms with Gasteiger partial charge in [-0.2, -0.15) is 5.10 Å². The van der Waals surface area contributed by atoms with Gasteiger partial charge in [-0.3, -0.25) is 5.10 Å². The summed E-state index contributed by atoms with van der Waals surface area (Å²) < 4.78 is 11.7. The van der Waals surface area contributed by atoms with Gasteiger partial charge in [0.15, 0.2) is 11.6 Å². The van der Waals surface area contributed by atoms with Crippen molar-refractivity contribution in [2.75, 3.05) is 36.5 Å². The second-order valence-electron chi connectivity index (χ2n) is 7.50. The number of hydrogen-bond donors (Lipinski definition) is 2. The van der Waals surface area contributed by atoms with Crippen LogP contribution in [0.3, 0.4) is 0 Å². The molecule has 2 saturated heterocycles. The van der Waals surface area contributed by atoms with Gasteiger partial charge in [0.2, 0.25) is 0 Å². The zero-order valence-electron chi connectivity index (χ0n) is 16.8. The lowest BCUT2D eigenvalue weighted by Crippen LogP contribution is -2.36. The van der Waals surface area contributed by atoms with E-state index < -0.39 is 0 Å². The van der Waals surface area contributed by atoms with Gasteiger partial charge in [0.05, 0.1) is 13.2 Å². The Labute approximate surface area is 175 Å². The molecule has 0 amide bonds. The van der Waals surface area contributed by atoms with Crippen molar-refractivity contribution in [2.45, 2.75) is 19.1 Å². The number of aromatic amines is 1. The molecule has 8 nitrogen and oxygen atoms in total. The molecule has 1 aromatic carbocycles. The molecule has 5 rings (SSSR count). The summed E-state index contributed by atoms with van der Waals surface area (Å²) in [4.78, 5) is 11.6. The molecule has 2 aliphatic heterocycles. The highest BCUT2D eigenvalue weighted by Crippen LogP contribution is 2.27. The minimum atomic E-state index is 0.0856. The molecule has 3 aromatic rings.